The van der Waals surface area contributed by atoms with Gasteiger partial charge in [-0.3, -0.25) is 8.98 Å². The van der Waals surface area contributed by atoms with Crippen molar-refractivity contribution in [3.8, 4) is 0 Å². The summed E-state index contributed by atoms with van der Waals surface area (Å²) in [7, 11) is -3.78. The lowest BCUT2D eigenvalue weighted by atomic mass is 9.83. The van der Waals surface area contributed by atoms with Gasteiger partial charge in [0, 0.05) is 12.0 Å². The number of Topliss-reactive ketones (excluding diaryl/α,β-unsaturated/α-hetero) is 1. The predicted molar refractivity (Wildman–Crippen MR) is 86.9 cm³/mol. The Hall–Kier alpha value is -1.98. The average molecular weight is 330 g/mol. The van der Waals surface area contributed by atoms with Crippen molar-refractivity contribution in [1.29, 1.82) is 0 Å². The predicted octanol–water partition coefficient (Wildman–Crippen LogP) is 3.15. The van der Waals surface area contributed by atoms with Crippen LogP contribution in [0, 0.1) is 12.8 Å². The zero-order chi connectivity index (χ0) is 16.4. The number of fused-ring (bicyclic) bond motifs is 1. The number of carbonyl (C=O) groups is 1. The number of hydrogen-bond donors (Lipinski definition) is 0. The fraction of sp³-hybridized carbons (Fsp3) is 0.278. The fourth-order valence-electron chi connectivity index (χ4n) is 2.80. The molecular weight excluding hydrogens is 312 g/mol. The maximum Gasteiger partial charge on any atom is 0.296 e. The van der Waals surface area contributed by atoms with Gasteiger partial charge in [0.05, 0.1) is 11.5 Å². The van der Waals surface area contributed by atoms with Crippen LogP contribution in [0.3, 0.4) is 0 Å². The molecule has 0 aliphatic heterocycles. The van der Waals surface area contributed by atoms with E-state index in [1.807, 2.05) is 31.2 Å². The Kier molecular flexibility index (Phi) is 4.33. The molecule has 0 spiro atoms. The smallest absolute Gasteiger partial charge is 0.294 e. The molecule has 0 radical (unpaired) electrons. The van der Waals surface area contributed by atoms with E-state index in [2.05, 4.69) is 0 Å². The van der Waals surface area contributed by atoms with Gasteiger partial charge in [0.15, 0.2) is 5.78 Å². The largest absolute Gasteiger partial charge is 0.296 e. The third-order valence-electron chi connectivity index (χ3n) is 4.07. The molecule has 1 aliphatic carbocycles. The molecule has 5 heteroatoms. The van der Waals surface area contributed by atoms with Crippen molar-refractivity contribution < 1.29 is 17.4 Å². The first kappa shape index (κ1) is 15.9. The van der Waals surface area contributed by atoms with Crippen molar-refractivity contribution in [3.63, 3.8) is 0 Å². The van der Waals surface area contributed by atoms with Crippen LogP contribution in [0.25, 0.3) is 0 Å². The molecule has 0 saturated heterocycles. The van der Waals surface area contributed by atoms with E-state index in [9.17, 15) is 13.2 Å². The van der Waals surface area contributed by atoms with Gasteiger partial charge in [-0.1, -0.05) is 42.0 Å². The maximum absolute atomic E-state index is 12.2. The molecule has 1 unspecified atom stereocenters. The fourth-order valence-corrected chi connectivity index (χ4v) is 3.78. The summed E-state index contributed by atoms with van der Waals surface area (Å²) in [6.07, 6.45) is 0.978. The highest BCUT2D eigenvalue weighted by Gasteiger charge is 2.26. The van der Waals surface area contributed by atoms with E-state index in [1.54, 1.807) is 12.1 Å². The van der Waals surface area contributed by atoms with Crippen molar-refractivity contribution >= 4 is 15.9 Å². The first-order valence-corrected chi connectivity index (χ1v) is 8.94. The van der Waals surface area contributed by atoms with E-state index in [0.717, 1.165) is 16.7 Å². The number of benzene rings is 2. The lowest BCUT2D eigenvalue weighted by Crippen LogP contribution is -2.25. The van der Waals surface area contributed by atoms with Gasteiger partial charge in [-0.05, 0) is 37.0 Å². The van der Waals surface area contributed by atoms with Gasteiger partial charge in [-0.2, -0.15) is 8.42 Å². The highest BCUT2D eigenvalue weighted by atomic mass is 32.2. The van der Waals surface area contributed by atoms with E-state index in [4.69, 9.17) is 4.18 Å². The Bertz CT molecular complexity index is 822. The van der Waals surface area contributed by atoms with Crippen LogP contribution >= 0.6 is 0 Å². The van der Waals surface area contributed by atoms with E-state index in [-0.39, 0.29) is 23.2 Å². The molecule has 0 aromatic heterocycles. The zero-order valence-electron chi connectivity index (χ0n) is 12.9. The SMILES string of the molecule is Cc1ccc(S(=O)(=O)OCC2CC(=O)c3ccccc3C2)cc1. The van der Waals surface area contributed by atoms with Crippen LogP contribution in [0.2, 0.25) is 0 Å². The van der Waals surface area contributed by atoms with Crippen LogP contribution in [-0.4, -0.2) is 20.8 Å². The topological polar surface area (TPSA) is 60.4 Å². The summed E-state index contributed by atoms with van der Waals surface area (Å²) in [5.74, 6) is -0.0641. The third kappa shape index (κ3) is 3.51. The van der Waals surface area contributed by atoms with Gasteiger partial charge in [-0.25, -0.2) is 0 Å². The molecule has 0 fully saturated rings. The van der Waals surface area contributed by atoms with E-state index in [0.29, 0.717) is 12.8 Å². The van der Waals surface area contributed by atoms with E-state index < -0.39 is 10.1 Å². The molecule has 2 aromatic rings. The minimum Gasteiger partial charge on any atom is -0.294 e. The highest BCUT2D eigenvalue weighted by Crippen LogP contribution is 2.26. The van der Waals surface area contributed by atoms with Crippen molar-refractivity contribution in [2.24, 2.45) is 5.92 Å². The summed E-state index contributed by atoms with van der Waals surface area (Å²) in [4.78, 5) is 12.3. The molecule has 1 aliphatic rings. The number of ketones is 1. The number of carbonyl (C=O) groups excluding carboxylic acids is 1. The molecule has 1 atom stereocenters. The van der Waals surface area contributed by atoms with Crippen LogP contribution in [0.1, 0.15) is 27.9 Å². The molecule has 120 valence electrons. The minimum absolute atomic E-state index is 0.0241. The lowest BCUT2D eigenvalue weighted by Gasteiger charge is -2.23. The molecule has 0 bridgehead atoms. The Labute approximate surface area is 136 Å². The summed E-state index contributed by atoms with van der Waals surface area (Å²) in [6.45, 7) is 1.92. The molecular formula is C18H18O4S. The summed E-state index contributed by atoms with van der Waals surface area (Å²) >= 11 is 0. The average Bonchev–Trinajstić information content (AvgIpc) is 2.54. The molecule has 2 aromatic carbocycles. The van der Waals surface area contributed by atoms with Crippen LogP contribution in [-0.2, 0) is 20.7 Å². The van der Waals surface area contributed by atoms with E-state index in [1.165, 1.54) is 12.1 Å². The highest BCUT2D eigenvalue weighted by molar-refractivity contribution is 7.86. The summed E-state index contributed by atoms with van der Waals surface area (Å²) in [6, 6.07) is 14.0. The van der Waals surface area contributed by atoms with Crippen LogP contribution < -0.4 is 0 Å². The number of hydrogen-bond acceptors (Lipinski definition) is 4. The molecule has 0 heterocycles. The van der Waals surface area contributed by atoms with Gasteiger partial charge >= 0.3 is 0 Å². The van der Waals surface area contributed by atoms with Crippen molar-refractivity contribution in [2.45, 2.75) is 24.7 Å². The second-order valence-electron chi connectivity index (χ2n) is 5.91. The molecule has 0 saturated carbocycles. The normalized spacial score (nSPS) is 17.8. The van der Waals surface area contributed by atoms with Gasteiger partial charge in [-0.15, -0.1) is 0 Å². The van der Waals surface area contributed by atoms with Crippen LogP contribution in [0.15, 0.2) is 53.4 Å². The van der Waals surface area contributed by atoms with Crippen molar-refractivity contribution in [2.75, 3.05) is 6.61 Å². The van der Waals surface area contributed by atoms with Crippen LogP contribution in [0.4, 0.5) is 0 Å². The monoisotopic (exact) mass is 330 g/mol. The summed E-state index contributed by atoms with van der Waals surface area (Å²) in [5.41, 5.74) is 2.69. The molecule has 0 N–H and O–H groups in total. The Morgan fingerprint density at radius 1 is 1.04 bits per heavy atom. The second-order valence-corrected chi connectivity index (χ2v) is 7.52. The van der Waals surface area contributed by atoms with Gasteiger partial charge in [0.25, 0.3) is 10.1 Å². The summed E-state index contributed by atoms with van der Waals surface area (Å²) < 4.78 is 29.6. The third-order valence-corrected chi connectivity index (χ3v) is 5.36. The van der Waals surface area contributed by atoms with Gasteiger partial charge in [0.2, 0.25) is 0 Å². The van der Waals surface area contributed by atoms with Crippen LogP contribution in [0.5, 0.6) is 0 Å². The molecule has 23 heavy (non-hydrogen) atoms. The van der Waals surface area contributed by atoms with Crippen molar-refractivity contribution in [3.05, 3.63) is 65.2 Å². The van der Waals surface area contributed by atoms with Gasteiger partial charge < -0.3 is 0 Å². The molecule has 3 rings (SSSR count). The quantitative estimate of drug-likeness (QED) is 0.808. The first-order chi connectivity index (χ1) is 11.0. The molecule has 4 nitrogen and oxygen atoms in total. The second kappa shape index (κ2) is 6.26. The van der Waals surface area contributed by atoms with Crippen molar-refractivity contribution in [1.82, 2.24) is 0 Å². The zero-order valence-corrected chi connectivity index (χ0v) is 13.7. The number of rotatable bonds is 4. The Balaban J connectivity index is 1.69. The number of aryl methyl sites for hydroxylation is 1. The Morgan fingerprint density at radius 2 is 1.74 bits per heavy atom. The maximum atomic E-state index is 12.2. The standard InChI is InChI=1S/C18H18O4S/c1-13-6-8-16(9-7-13)23(20,21)22-12-14-10-15-4-2-3-5-17(15)18(19)11-14/h2-9,14H,10-12H2,1H3. The Morgan fingerprint density at radius 3 is 2.48 bits per heavy atom. The lowest BCUT2D eigenvalue weighted by molar-refractivity contribution is 0.0927. The van der Waals surface area contributed by atoms with E-state index >= 15 is 0 Å². The first-order valence-electron chi connectivity index (χ1n) is 7.53. The molecule has 0 amide bonds. The minimum atomic E-state index is -3.78. The summed E-state index contributed by atoms with van der Waals surface area (Å²) in [5, 5.41) is 0. The van der Waals surface area contributed by atoms with Gasteiger partial charge in [0.1, 0.15) is 0 Å².